The minimum absolute atomic E-state index is 0.242. The van der Waals surface area contributed by atoms with Gasteiger partial charge in [0.25, 0.3) is 0 Å². The van der Waals surface area contributed by atoms with Crippen molar-refractivity contribution in [2.45, 2.75) is 13.5 Å². The van der Waals surface area contributed by atoms with Gasteiger partial charge in [-0.25, -0.2) is 0 Å². The molecule has 6 nitrogen and oxygen atoms in total. The van der Waals surface area contributed by atoms with Gasteiger partial charge in [0.15, 0.2) is 0 Å². The Hall–Kier alpha value is -3.41. The third kappa shape index (κ3) is 3.92. The molecule has 1 heterocycles. The van der Waals surface area contributed by atoms with Crippen LogP contribution in [-0.2, 0) is 11.3 Å². The number of benzene rings is 2. The van der Waals surface area contributed by atoms with Crippen LogP contribution < -0.4 is 11.1 Å². The van der Waals surface area contributed by atoms with Gasteiger partial charge >= 0.3 is 0 Å². The Morgan fingerprint density at radius 1 is 1.20 bits per heavy atom. The van der Waals surface area contributed by atoms with Crippen molar-refractivity contribution in [1.29, 1.82) is 0 Å². The lowest BCUT2D eigenvalue weighted by atomic mass is 10.1. The number of nitrogens with two attached hydrogens (primary N) is 1. The number of anilines is 1. The van der Waals surface area contributed by atoms with Gasteiger partial charge in [-0.15, -0.1) is 0 Å². The molecule has 0 saturated carbocycles. The van der Waals surface area contributed by atoms with E-state index in [0.29, 0.717) is 11.3 Å². The molecule has 2 aromatic carbocycles. The third-order valence-corrected chi connectivity index (χ3v) is 3.77. The Kier molecular flexibility index (Phi) is 4.61. The predicted molar refractivity (Wildman–Crippen MR) is 98.0 cm³/mol. The SMILES string of the molecule is CCn1cc2ccc(NC(=O)/C=C/c3ccc(C(N)=O)cc3)cc2n1. The maximum atomic E-state index is 12.1. The van der Waals surface area contributed by atoms with Gasteiger partial charge in [0.1, 0.15) is 0 Å². The minimum atomic E-state index is -0.478. The highest BCUT2D eigenvalue weighted by atomic mass is 16.1. The quantitative estimate of drug-likeness (QED) is 0.703. The number of amides is 2. The molecule has 0 fully saturated rings. The highest BCUT2D eigenvalue weighted by molar-refractivity contribution is 6.03. The van der Waals surface area contributed by atoms with Crippen LogP contribution in [0.2, 0.25) is 0 Å². The lowest BCUT2D eigenvalue weighted by Gasteiger charge is -2.02. The van der Waals surface area contributed by atoms with Gasteiger partial charge in [-0.2, -0.15) is 5.10 Å². The van der Waals surface area contributed by atoms with Crippen molar-refractivity contribution >= 4 is 34.5 Å². The smallest absolute Gasteiger partial charge is 0.248 e. The first-order valence-electron chi connectivity index (χ1n) is 7.91. The molecule has 0 atom stereocenters. The van der Waals surface area contributed by atoms with Crippen LogP contribution in [0.3, 0.4) is 0 Å². The van der Waals surface area contributed by atoms with E-state index < -0.39 is 5.91 Å². The standard InChI is InChI=1S/C19H18N4O2/c1-2-23-12-15-8-9-16(11-17(15)22-23)21-18(24)10-5-13-3-6-14(7-4-13)19(20)25/h3-12H,2H2,1H3,(H2,20,25)(H,21,24)/b10-5+. The largest absolute Gasteiger partial charge is 0.366 e. The van der Waals surface area contributed by atoms with Crippen LogP contribution in [0.4, 0.5) is 5.69 Å². The number of carbonyl (C=O) groups excluding carboxylic acids is 2. The minimum Gasteiger partial charge on any atom is -0.366 e. The fourth-order valence-electron chi connectivity index (χ4n) is 2.42. The Morgan fingerprint density at radius 2 is 1.96 bits per heavy atom. The van der Waals surface area contributed by atoms with Crippen molar-refractivity contribution in [1.82, 2.24) is 9.78 Å². The van der Waals surface area contributed by atoms with Gasteiger partial charge in [0, 0.05) is 35.5 Å². The molecule has 0 bridgehead atoms. The summed E-state index contributed by atoms with van der Waals surface area (Å²) >= 11 is 0. The highest BCUT2D eigenvalue weighted by Crippen LogP contribution is 2.18. The average molecular weight is 334 g/mol. The van der Waals surface area contributed by atoms with E-state index in [2.05, 4.69) is 10.4 Å². The number of primary amides is 1. The second-order valence-corrected chi connectivity index (χ2v) is 5.57. The number of aryl methyl sites for hydroxylation is 1. The number of fused-ring (bicyclic) bond motifs is 1. The third-order valence-electron chi connectivity index (χ3n) is 3.77. The van der Waals surface area contributed by atoms with Crippen LogP contribution in [-0.4, -0.2) is 21.6 Å². The van der Waals surface area contributed by atoms with Crippen molar-refractivity contribution in [2.24, 2.45) is 5.73 Å². The second-order valence-electron chi connectivity index (χ2n) is 5.57. The number of rotatable bonds is 5. The molecule has 0 radical (unpaired) electrons. The van der Waals surface area contributed by atoms with Crippen LogP contribution in [0.25, 0.3) is 17.0 Å². The summed E-state index contributed by atoms with van der Waals surface area (Å²) in [6, 6.07) is 12.3. The van der Waals surface area contributed by atoms with E-state index in [-0.39, 0.29) is 5.91 Å². The Labute approximate surface area is 144 Å². The predicted octanol–water partition coefficient (Wildman–Crippen LogP) is 2.81. The van der Waals surface area contributed by atoms with Gasteiger partial charge in [-0.1, -0.05) is 12.1 Å². The lowest BCUT2D eigenvalue weighted by molar-refractivity contribution is -0.111. The van der Waals surface area contributed by atoms with E-state index in [0.717, 1.165) is 23.0 Å². The van der Waals surface area contributed by atoms with Crippen LogP contribution in [0.15, 0.2) is 54.7 Å². The number of carbonyl (C=O) groups is 2. The van der Waals surface area contributed by atoms with Gasteiger partial charge in [-0.3, -0.25) is 14.3 Å². The molecule has 3 N–H and O–H groups in total. The summed E-state index contributed by atoms with van der Waals surface area (Å²) in [5.74, 6) is -0.720. The summed E-state index contributed by atoms with van der Waals surface area (Å²) in [5.41, 5.74) is 7.96. The van der Waals surface area contributed by atoms with Crippen molar-refractivity contribution in [3.8, 4) is 0 Å². The molecule has 3 aromatic rings. The van der Waals surface area contributed by atoms with E-state index in [4.69, 9.17) is 5.73 Å². The fraction of sp³-hybridized carbons (Fsp3) is 0.105. The zero-order valence-electron chi connectivity index (χ0n) is 13.8. The number of hydrogen-bond acceptors (Lipinski definition) is 3. The molecule has 1 aromatic heterocycles. The molecule has 3 rings (SSSR count). The van der Waals surface area contributed by atoms with Gasteiger partial charge in [-0.05, 0) is 48.9 Å². The monoisotopic (exact) mass is 334 g/mol. The fourth-order valence-corrected chi connectivity index (χ4v) is 2.42. The maximum absolute atomic E-state index is 12.1. The molecule has 0 aliphatic heterocycles. The molecule has 6 heteroatoms. The van der Waals surface area contributed by atoms with Gasteiger partial charge in [0.2, 0.25) is 11.8 Å². The van der Waals surface area contributed by atoms with Crippen LogP contribution >= 0.6 is 0 Å². The molecule has 2 amide bonds. The summed E-state index contributed by atoms with van der Waals surface area (Å²) in [6.45, 7) is 2.82. The molecule has 0 aliphatic carbocycles. The van der Waals surface area contributed by atoms with Crippen LogP contribution in [0.5, 0.6) is 0 Å². The number of nitrogens with one attached hydrogen (secondary N) is 1. The van der Waals surface area contributed by atoms with E-state index in [1.165, 1.54) is 6.08 Å². The Balaban J connectivity index is 1.68. The first kappa shape index (κ1) is 16.4. The van der Waals surface area contributed by atoms with Crippen molar-refractivity contribution < 1.29 is 9.59 Å². The molecule has 0 aliphatic rings. The van der Waals surface area contributed by atoms with E-state index in [9.17, 15) is 9.59 Å². The van der Waals surface area contributed by atoms with Gasteiger partial charge in [0.05, 0.1) is 5.52 Å². The Morgan fingerprint density at radius 3 is 2.64 bits per heavy atom. The van der Waals surface area contributed by atoms with E-state index >= 15 is 0 Å². The summed E-state index contributed by atoms with van der Waals surface area (Å²) in [7, 11) is 0. The average Bonchev–Trinajstić information content (AvgIpc) is 3.02. The molecule has 0 saturated heterocycles. The van der Waals surface area contributed by atoms with E-state index in [1.54, 1.807) is 30.3 Å². The highest BCUT2D eigenvalue weighted by Gasteiger charge is 2.03. The van der Waals surface area contributed by atoms with Crippen molar-refractivity contribution in [3.05, 3.63) is 65.9 Å². The number of aromatic nitrogens is 2. The van der Waals surface area contributed by atoms with Gasteiger partial charge < -0.3 is 11.1 Å². The lowest BCUT2D eigenvalue weighted by Crippen LogP contribution is -2.10. The Bertz CT molecular complexity index is 955. The second kappa shape index (κ2) is 7.00. The molecule has 25 heavy (non-hydrogen) atoms. The maximum Gasteiger partial charge on any atom is 0.248 e. The van der Waals surface area contributed by atoms with Crippen LogP contribution in [0.1, 0.15) is 22.8 Å². The van der Waals surface area contributed by atoms with Crippen molar-refractivity contribution in [3.63, 3.8) is 0 Å². The summed E-state index contributed by atoms with van der Waals surface area (Å²) in [6.07, 6.45) is 5.08. The number of hydrogen-bond donors (Lipinski definition) is 2. The van der Waals surface area contributed by atoms with E-state index in [1.807, 2.05) is 36.0 Å². The first-order chi connectivity index (χ1) is 12.0. The molecule has 0 spiro atoms. The summed E-state index contributed by atoms with van der Waals surface area (Å²) < 4.78 is 1.85. The van der Waals surface area contributed by atoms with Crippen molar-refractivity contribution in [2.75, 3.05) is 5.32 Å². The normalized spacial score (nSPS) is 11.1. The first-order valence-corrected chi connectivity index (χ1v) is 7.91. The molecule has 126 valence electrons. The topological polar surface area (TPSA) is 90.0 Å². The zero-order valence-corrected chi connectivity index (χ0v) is 13.8. The summed E-state index contributed by atoms with van der Waals surface area (Å²) in [5, 5.41) is 8.27. The molecular formula is C19H18N4O2. The summed E-state index contributed by atoms with van der Waals surface area (Å²) in [4.78, 5) is 23.1. The molecule has 0 unspecified atom stereocenters. The number of nitrogens with zero attached hydrogens (tertiary/aromatic N) is 2. The zero-order chi connectivity index (χ0) is 17.8. The molecular weight excluding hydrogens is 316 g/mol. The van der Waals surface area contributed by atoms with Crippen LogP contribution in [0, 0.1) is 0 Å².